The van der Waals surface area contributed by atoms with E-state index >= 15 is 0 Å². The van der Waals surface area contributed by atoms with Crippen LogP contribution in [0.3, 0.4) is 0 Å². The Kier molecular flexibility index (Phi) is 5.08. The molecule has 0 unspecified atom stereocenters. The van der Waals surface area contributed by atoms with Crippen LogP contribution in [0.1, 0.15) is 5.56 Å². The minimum Gasteiger partial charge on any atom is -0.383 e. The fraction of sp³-hybridized carbons (Fsp3) is 0.455. The van der Waals surface area contributed by atoms with Gasteiger partial charge in [-0.1, -0.05) is 22.0 Å². The summed E-state index contributed by atoms with van der Waals surface area (Å²) >= 11 is 3.46. The molecule has 0 amide bonds. The zero-order valence-corrected chi connectivity index (χ0v) is 10.8. The molecule has 3 nitrogen and oxygen atoms in total. The molecule has 0 spiro atoms. The highest BCUT2D eigenvalue weighted by molar-refractivity contribution is 9.10. The van der Waals surface area contributed by atoms with Crippen LogP contribution in [0.2, 0.25) is 0 Å². The molecule has 0 saturated carbocycles. The molecular weight excluding hydrogens is 256 g/mol. The molecule has 0 heterocycles. The van der Waals surface area contributed by atoms with Crippen LogP contribution < -0.4 is 10.6 Å². The Morgan fingerprint density at radius 1 is 1.47 bits per heavy atom. The third kappa shape index (κ3) is 3.48. The summed E-state index contributed by atoms with van der Waals surface area (Å²) in [4.78, 5) is 2.15. The third-order valence-corrected chi connectivity index (χ3v) is 2.80. The molecule has 0 aliphatic rings. The Morgan fingerprint density at radius 2 is 2.20 bits per heavy atom. The van der Waals surface area contributed by atoms with E-state index in [1.165, 1.54) is 0 Å². The van der Waals surface area contributed by atoms with E-state index in [2.05, 4.69) is 26.9 Å². The van der Waals surface area contributed by atoms with Gasteiger partial charge in [-0.2, -0.15) is 0 Å². The summed E-state index contributed by atoms with van der Waals surface area (Å²) in [6.07, 6.45) is 0. The molecule has 15 heavy (non-hydrogen) atoms. The number of nitrogens with two attached hydrogens (primary N) is 1. The SMILES string of the molecule is COCCN(C)c1cc(Br)ccc1CN. The first-order valence-electron chi connectivity index (χ1n) is 4.87. The maximum absolute atomic E-state index is 5.69. The quantitative estimate of drug-likeness (QED) is 0.891. The molecule has 1 aromatic carbocycles. The van der Waals surface area contributed by atoms with E-state index in [1.54, 1.807) is 7.11 Å². The van der Waals surface area contributed by atoms with E-state index in [0.29, 0.717) is 13.2 Å². The van der Waals surface area contributed by atoms with Crippen molar-refractivity contribution in [3.63, 3.8) is 0 Å². The predicted molar refractivity (Wildman–Crippen MR) is 67.2 cm³/mol. The van der Waals surface area contributed by atoms with Gasteiger partial charge < -0.3 is 15.4 Å². The van der Waals surface area contributed by atoms with Crippen molar-refractivity contribution < 1.29 is 4.74 Å². The van der Waals surface area contributed by atoms with Crippen molar-refractivity contribution in [2.24, 2.45) is 5.73 Å². The van der Waals surface area contributed by atoms with Crippen molar-refractivity contribution in [3.8, 4) is 0 Å². The Hall–Kier alpha value is -0.580. The van der Waals surface area contributed by atoms with E-state index in [9.17, 15) is 0 Å². The van der Waals surface area contributed by atoms with Crippen LogP contribution in [0, 0.1) is 0 Å². The zero-order valence-electron chi connectivity index (χ0n) is 9.16. The van der Waals surface area contributed by atoms with E-state index in [1.807, 2.05) is 19.2 Å². The number of methoxy groups -OCH3 is 1. The second-order valence-electron chi connectivity index (χ2n) is 3.39. The first-order chi connectivity index (χ1) is 7.19. The molecule has 0 atom stereocenters. The smallest absolute Gasteiger partial charge is 0.0637 e. The molecule has 2 N–H and O–H groups in total. The highest BCUT2D eigenvalue weighted by atomic mass is 79.9. The van der Waals surface area contributed by atoms with Crippen molar-refractivity contribution in [3.05, 3.63) is 28.2 Å². The Morgan fingerprint density at radius 3 is 2.80 bits per heavy atom. The van der Waals surface area contributed by atoms with Crippen LogP contribution in [-0.4, -0.2) is 27.3 Å². The summed E-state index contributed by atoms with van der Waals surface area (Å²) in [7, 11) is 3.75. The van der Waals surface area contributed by atoms with Gasteiger partial charge >= 0.3 is 0 Å². The number of anilines is 1. The van der Waals surface area contributed by atoms with Gasteiger partial charge in [0.1, 0.15) is 0 Å². The molecule has 0 aromatic heterocycles. The molecule has 0 fully saturated rings. The number of likely N-dealkylation sites (N-methyl/N-ethyl adjacent to an activating group) is 1. The van der Waals surface area contributed by atoms with Crippen molar-refractivity contribution >= 4 is 21.6 Å². The van der Waals surface area contributed by atoms with E-state index in [-0.39, 0.29) is 0 Å². The topological polar surface area (TPSA) is 38.5 Å². The van der Waals surface area contributed by atoms with Crippen LogP contribution in [0.25, 0.3) is 0 Å². The lowest BCUT2D eigenvalue weighted by molar-refractivity contribution is 0.206. The summed E-state index contributed by atoms with van der Waals surface area (Å²) in [5.74, 6) is 0. The Bertz CT molecular complexity index is 317. The second kappa shape index (κ2) is 6.10. The third-order valence-electron chi connectivity index (χ3n) is 2.31. The number of rotatable bonds is 5. The average molecular weight is 273 g/mol. The normalized spacial score (nSPS) is 10.4. The molecule has 1 aromatic rings. The number of ether oxygens (including phenoxy) is 1. The van der Waals surface area contributed by atoms with Gasteiger partial charge in [0.2, 0.25) is 0 Å². The minimum atomic E-state index is 0.555. The molecule has 0 aliphatic carbocycles. The minimum absolute atomic E-state index is 0.555. The standard InChI is InChI=1S/C11H17BrN2O/c1-14(5-6-15-2)11-7-10(12)4-3-9(11)8-13/h3-4,7H,5-6,8,13H2,1-2H3. The van der Waals surface area contributed by atoms with E-state index in [0.717, 1.165) is 22.3 Å². The summed E-state index contributed by atoms with van der Waals surface area (Å²) in [6, 6.07) is 6.14. The Balaban J connectivity index is 2.85. The first-order valence-corrected chi connectivity index (χ1v) is 5.67. The van der Waals surface area contributed by atoms with Crippen LogP contribution >= 0.6 is 15.9 Å². The average Bonchev–Trinajstić information content (AvgIpc) is 2.25. The van der Waals surface area contributed by atoms with Crippen LogP contribution in [0.5, 0.6) is 0 Å². The van der Waals surface area contributed by atoms with Crippen molar-refractivity contribution in [2.45, 2.75) is 6.54 Å². The van der Waals surface area contributed by atoms with Gasteiger partial charge in [0.15, 0.2) is 0 Å². The van der Waals surface area contributed by atoms with E-state index < -0.39 is 0 Å². The first kappa shape index (κ1) is 12.5. The number of nitrogens with zero attached hydrogens (tertiary/aromatic N) is 1. The summed E-state index contributed by atoms with van der Waals surface area (Å²) in [5.41, 5.74) is 8.00. The van der Waals surface area contributed by atoms with Crippen molar-refractivity contribution in [1.29, 1.82) is 0 Å². The predicted octanol–water partition coefficient (Wildman–Crippen LogP) is 1.99. The highest BCUT2D eigenvalue weighted by Crippen LogP contribution is 2.23. The fourth-order valence-corrected chi connectivity index (χ4v) is 1.76. The van der Waals surface area contributed by atoms with Gasteiger partial charge in [-0.15, -0.1) is 0 Å². The number of hydrogen-bond donors (Lipinski definition) is 1. The Labute approximate surface area is 99.3 Å². The lowest BCUT2D eigenvalue weighted by Gasteiger charge is -2.22. The summed E-state index contributed by atoms with van der Waals surface area (Å²) in [5, 5.41) is 0. The van der Waals surface area contributed by atoms with Gasteiger partial charge in [-0.05, 0) is 17.7 Å². The number of benzene rings is 1. The molecule has 1 rings (SSSR count). The van der Waals surface area contributed by atoms with Crippen molar-refractivity contribution in [2.75, 3.05) is 32.2 Å². The van der Waals surface area contributed by atoms with E-state index in [4.69, 9.17) is 10.5 Å². The summed E-state index contributed by atoms with van der Waals surface area (Å²) < 4.78 is 6.12. The molecule has 84 valence electrons. The molecule has 0 radical (unpaired) electrons. The number of hydrogen-bond acceptors (Lipinski definition) is 3. The van der Waals surface area contributed by atoms with Gasteiger partial charge in [0.05, 0.1) is 6.61 Å². The van der Waals surface area contributed by atoms with Gasteiger partial charge in [0, 0.05) is 37.4 Å². The van der Waals surface area contributed by atoms with Crippen molar-refractivity contribution in [1.82, 2.24) is 0 Å². The summed E-state index contributed by atoms with van der Waals surface area (Å²) in [6.45, 7) is 2.13. The lowest BCUT2D eigenvalue weighted by atomic mass is 10.1. The maximum atomic E-state index is 5.69. The van der Waals surface area contributed by atoms with Gasteiger partial charge in [0.25, 0.3) is 0 Å². The molecule has 0 aliphatic heterocycles. The molecular formula is C11H17BrN2O. The van der Waals surface area contributed by atoms with Crippen LogP contribution in [0.4, 0.5) is 5.69 Å². The zero-order chi connectivity index (χ0) is 11.3. The molecule has 4 heteroatoms. The molecule has 0 bridgehead atoms. The molecule has 0 saturated heterocycles. The fourth-order valence-electron chi connectivity index (χ4n) is 1.41. The highest BCUT2D eigenvalue weighted by Gasteiger charge is 2.06. The number of halogens is 1. The second-order valence-corrected chi connectivity index (χ2v) is 4.31. The van der Waals surface area contributed by atoms with Gasteiger partial charge in [-0.3, -0.25) is 0 Å². The van der Waals surface area contributed by atoms with Crippen LogP contribution in [-0.2, 0) is 11.3 Å². The van der Waals surface area contributed by atoms with Gasteiger partial charge in [-0.25, -0.2) is 0 Å². The maximum Gasteiger partial charge on any atom is 0.0637 e. The largest absolute Gasteiger partial charge is 0.383 e. The van der Waals surface area contributed by atoms with Crippen LogP contribution in [0.15, 0.2) is 22.7 Å². The lowest BCUT2D eigenvalue weighted by Crippen LogP contribution is -2.23. The monoisotopic (exact) mass is 272 g/mol.